The first-order chi connectivity index (χ1) is 7.72. The van der Waals surface area contributed by atoms with Gasteiger partial charge in [0.1, 0.15) is 5.69 Å². The van der Waals surface area contributed by atoms with Crippen LogP contribution in [0, 0.1) is 3.57 Å². The first kappa shape index (κ1) is 11.8. The zero-order chi connectivity index (χ0) is 11.5. The number of halogens is 1. The Morgan fingerprint density at radius 1 is 1.69 bits per heavy atom. The van der Waals surface area contributed by atoms with Crippen LogP contribution in [0.2, 0.25) is 0 Å². The fourth-order valence-corrected chi connectivity index (χ4v) is 2.61. The highest BCUT2D eigenvalue weighted by Crippen LogP contribution is 2.20. The van der Waals surface area contributed by atoms with Gasteiger partial charge in [-0.15, -0.1) is 0 Å². The van der Waals surface area contributed by atoms with Gasteiger partial charge in [-0.05, 0) is 54.1 Å². The van der Waals surface area contributed by atoms with Gasteiger partial charge in [-0.25, -0.2) is 9.78 Å². The van der Waals surface area contributed by atoms with Gasteiger partial charge < -0.3 is 10.1 Å². The summed E-state index contributed by atoms with van der Waals surface area (Å²) < 4.78 is 6.05. The van der Waals surface area contributed by atoms with Gasteiger partial charge in [0.15, 0.2) is 0 Å². The van der Waals surface area contributed by atoms with Crippen LogP contribution in [0.25, 0.3) is 0 Å². The Balaban J connectivity index is 2.35. The summed E-state index contributed by atoms with van der Waals surface area (Å²) in [5, 5.41) is 3.25. The molecule has 4 nitrogen and oxygen atoms in total. The second-order valence-corrected chi connectivity index (χ2v) is 4.72. The highest BCUT2D eigenvalue weighted by molar-refractivity contribution is 14.1. The molecular formula is C11H13IN2O2. The van der Waals surface area contributed by atoms with E-state index in [9.17, 15) is 4.79 Å². The Morgan fingerprint density at radius 3 is 3.25 bits per heavy atom. The summed E-state index contributed by atoms with van der Waals surface area (Å²) in [7, 11) is 0. The first-order valence-corrected chi connectivity index (χ1v) is 6.36. The van der Waals surface area contributed by atoms with Crippen LogP contribution >= 0.6 is 22.6 Å². The average molecular weight is 332 g/mol. The van der Waals surface area contributed by atoms with E-state index in [0.29, 0.717) is 12.3 Å². The predicted molar refractivity (Wildman–Crippen MR) is 68.3 cm³/mol. The number of ether oxygens (including phenoxy) is 1. The Hall–Kier alpha value is -0.690. The molecule has 0 fully saturated rings. The molecule has 1 N–H and O–H groups in total. The molecule has 86 valence electrons. The lowest BCUT2D eigenvalue weighted by molar-refractivity contribution is 0.0519. The largest absolute Gasteiger partial charge is 0.461 e. The molecule has 1 aliphatic rings. The van der Waals surface area contributed by atoms with Gasteiger partial charge in [-0.2, -0.15) is 0 Å². The molecule has 5 heteroatoms. The molecule has 0 radical (unpaired) electrons. The molecule has 0 saturated heterocycles. The number of carbonyl (C=O) groups excluding carboxylic acids is 1. The molecular weight excluding hydrogens is 319 g/mol. The Bertz CT molecular complexity index is 421. The number of hydrogen-bond donors (Lipinski definition) is 1. The minimum Gasteiger partial charge on any atom is -0.461 e. The van der Waals surface area contributed by atoms with E-state index in [1.165, 1.54) is 5.56 Å². The maximum Gasteiger partial charge on any atom is 0.356 e. The molecule has 0 atom stereocenters. The Labute approximate surface area is 108 Å². The van der Waals surface area contributed by atoms with Crippen LogP contribution in [0.3, 0.4) is 0 Å². The SMILES string of the molecule is CCOC(=O)c1cc(I)c2c(n1)CNCC2. The van der Waals surface area contributed by atoms with Crippen molar-refractivity contribution in [1.29, 1.82) is 0 Å². The summed E-state index contributed by atoms with van der Waals surface area (Å²) in [6.07, 6.45) is 0.976. The van der Waals surface area contributed by atoms with E-state index in [-0.39, 0.29) is 5.97 Å². The number of nitrogens with zero attached hydrogens (tertiary/aromatic N) is 1. The summed E-state index contributed by atoms with van der Waals surface area (Å²) in [6.45, 7) is 3.89. The summed E-state index contributed by atoms with van der Waals surface area (Å²) in [6, 6.07) is 1.81. The minimum atomic E-state index is -0.339. The predicted octanol–water partition coefficient (Wildman–Crippen LogP) is 1.51. The molecule has 0 spiro atoms. The molecule has 0 unspecified atom stereocenters. The number of pyridine rings is 1. The lowest BCUT2D eigenvalue weighted by Gasteiger charge is -2.18. The van der Waals surface area contributed by atoms with Gasteiger partial charge in [0.25, 0.3) is 0 Å². The number of rotatable bonds is 2. The average Bonchev–Trinajstić information content (AvgIpc) is 2.29. The molecule has 2 heterocycles. The van der Waals surface area contributed by atoms with Crippen molar-refractivity contribution in [3.63, 3.8) is 0 Å². The van der Waals surface area contributed by atoms with Gasteiger partial charge in [-0.1, -0.05) is 0 Å². The molecule has 0 saturated carbocycles. The van der Waals surface area contributed by atoms with Crippen molar-refractivity contribution in [3.05, 3.63) is 26.6 Å². The number of carbonyl (C=O) groups is 1. The lowest BCUT2D eigenvalue weighted by atomic mass is 10.1. The van der Waals surface area contributed by atoms with Crippen LogP contribution in [0.5, 0.6) is 0 Å². The van der Waals surface area contributed by atoms with Crippen molar-refractivity contribution in [2.75, 3.05) is 13.2 Å². The highest BCUT2D eigenvalue weighted by atomic mass is 127. The fourth-order valence-electron chi connectivity index (χ4n) is 1.73. The van der Waals surface area contributed by atoms with Crippen molar-refractivity contribution >= 4 is 28.6 Å². The normalized spacial score (nSPS) is 14.4. The van der Waals surface area contributed by atoms with Crippen molar-refractivity contribution in [2.45, 2.75) is 19.9 Å². The Kier molecular flexibility index (Phi) is 3.75. The van der Waals surface area contributed by atoms with Crippen molar-refractivity contribution in [1.82, 2.24) is 10.3 Å². The summed E-state index contributed by atoms with van der Waals surface area (Å²) in [5.74, 6) is -0.339. The summed E-state index contributed by atoms with van der Waals surface area (Å²) >= 11 is 2.26. The molecule has 2 rings (SSSR count). The van der Waals surface area contributed by atoms with Crippen molar-refractivity contribution < 1.29 is 9.53 Å². The van der Waals surface area contributed by atoms with Crippen LogP contribution in [0.1, 0.15) is 28.7 Å². The Morgan fingerprint density at radius 2 is 2.50 bits per heavy atom. The van der Waals surface area contributed by atoms with Gasteiger partial charge in [0.2, 0.25) is 0 Å². The summed E-state index contributed by atoms with van der Waals surface area (Å²) in [4.78, 5) is 15.9. The highest BCUT2D eigenvalue weighted by Gasteiger charge is 2.18. The monoisotopic (exact) mass is 332 g/mol. The van der Waals surface area contributed by atoms with Crippen LogP contribution in [-0.4, -0.2) is 24.1 Å². The summed E-state index contributed by atoms with van der Waals surface area (Å²) in [5.41, 5.74) is 2.64. The zero-order valence-electron chi connectivity index (χ0n) is 9.05. The third-order valence-corrected chi connectivity index (χ3v) is 3.45. The van der Waals surface area contributed by atoms with Gasteiger partial charge in [-0.3, -0.25) is 0 Å². The molecule has 16 heavy (non-hydrogen) atoms. The molecule has 1 aromatic heterocycles. The second-order valence-electron chi connectivity index (χ2n) is 3.56. The molecule has 0 aromatic carbocycles. The van der Waals surface area contributed by atoms with Crippen LogP contribution in [0.4, 0.5) is 0 Å². The number of fused-ring (bicyclic) bond motifs is 1. The minimum absolute atomic E-state index is 0.339. The van der Waals surface area contributed by atoms with E-state index >= 15 is 0 Å². The number of aromatic nitrogens is 1. The maximum atomic E-state index is 11.6. The standard InChI is InChI=1S/C11H13IN2O2/c1-2-16-11(15)9-5-8(12)7-3-4-13-6-10(7)14-9/h5,13H,2-4,6H2,1H3. The fraction of sp³-hybridized carbons (Fsp3) is 0.455. The van der Waals surface area contributed by atoms with Gasteiger partial charge in [0, 0.05) is 10.1 Å². The van der Waals surface area contributed by atoms with E-state index in [4.69, 9.17) is 4.74 Å². The van der Waals surface area contributed by atoms with Gasteiger partial charge >= 0.3 is 5.97 Å². The van der Waals surface area contributed by atoms with E-state index < -0.39 is 0 Å². The maximum absolute atomic E-state index is 11.6. The smallest absolute Gasteiger partial charge is 0.356 e. The van der Waals surface area contributed by atoms with Crippen LogP contribution in [0.15, 0.2) is 6.07 Å². The molecule has 1 aliphatic heterocycles. The van der Waals surface area contributed by atoms with Crippen molar-refractivity contribution in [3.8, 4) is 0 Å². The number of nitrogens with one attached hydrogen (secondary N) is 1. The quantitative estimate of drug-likeness (QED) is 0.659. The van der Waals surface area contributed by atoms with E-state index in [1.807, 2.05) is 6.07 Å². The third kappa shape index (κ3) is 2.35. The van der Waals surface area contributed by atoms with Crippen LogP contribution < -0.4 is 5.32 Å². The van der Waals surface area contributed by atoms with E-state index in [1.54, 1.807) is 6.92 Å². The van der Waals surface area contributed by atoms with E-state index in [2.05, 4.69) is 32.9 Å². The second kappa shape index (κ2) is 5.09. The number of hydrogen-bond acceptors (Lipinski definition) is 4. The van der Waals surface area contributed by atoms with Crippen LogP contribution in [-0.2, 0) is 17.7 Å². The van der Waals surface area contributed by atoms with Gasteiger partial charge in [0.05, 0.1) is 12.3 Å². The zero-order valence-corrected chi connectivity index (χ0v) is 11.2. The van der Waals surface area contributed by atoms with E-state index in [0.717, 1.165) is 28.8 Å². The topological polar surface area (TPSA) is 51.2 Å². The molecule has 0 amide bonds. The van der Waals surface area contributed by atoms with Crippen molar-refractivity contribution in [2.24, 2.45) is 0 Å². The number of esters is 1. The third-order valence-electron chi connectivity index (χ3n) is 2.48. The lowest BCUT2D eigenvalue weighted by Crippen LogP contribution is -2.26. The first-order valence-electron chi connectivity index (χ1n) is 5.28. The molecule has 0 bridgehead atoms. The molecule has 1 aromatic rings. The molecule has 0 aliphatic carbocycles.